The molecule has 0 saturated carbocycles. The number of hydrogen-bond donors (Lipinski definition) is 0. The number of rotatable bonds is 1. The molecule has 0 radical (unpaired) electrons. The van der Waals surface area contributed by atoms with Crippen LogP contribution in [0, 0.1) is 6.92 Å². The molecule has 0 bridgehead atoms. The summed E-state index contributed by atoms with van der Waals surface area (Å²) in [5.74, 6) is 0. The predicted octanol–water partition coefficient (Wildman–Crippen LogP) is 2.73. The van der Waals surface area contributed by atoms with Crippen LogP contribution < -0.4 is 5.56 Å². The number of aryl methyl sites for hydroxylation is 1. The van der Waals surface area contributed by atoms with Gasteiger partial charge in [0.05, 0.1) is 0 Å². The maximum atomic E-state index is 11.8. The average molecular weight is 242 g/mol. The number of aromatic nitrogens is 2. The van der Waals surface area contributed by atoms with Crippen LogP contribution >= 0.6 is 11.3 Å². The first-order valence-electron chi connectivity index (χ1n) is 5.28. The van der Waals surface area contributed by atoms with Crippen molar-refractivity contribution in [3.63, 3.8) is 0 Å². The Kier molecular flexibility index (Phi) is 2.30. The van der Waals surface area contributed by atoms with Crippen molar-refractivity contribution in [1.82, 2.24) is 9.38 Å². The second kappa shape index (κ2) is 3.82. The Morgan fingerprint density at radius 1 is 1.29 bits per heavy atom. The van der Waals surface area contributed by atoms with E-state index in [1.165, 1.54) is 0 Å². The first-order valence-corrected chi connectivity index (χ1v) is 6.16. The van der Waals surface area contributed by atoms with E-state index in [-0.39, 0.29) is 5.56 Å². The molecule has 17 heavy (non-hydrogen) atoms. The minimum absolute atomic E-state index is 0.0362. The Balaban J connectivity index is 2.30. The highest BCUT2D eigenvalue weighted by molar-refractivity contribution is 7.13. The third kappa shape index (κ3) is 1.76. The maximum absolute atomic E-state index is 11.8. The van der Waals surface area contributed by atoms with Crippen LogP contribution in [0.4, 0.5) is 0 Å². The predicted molar refractivity (Wildman–Crippen MR) is 69.5 cm³/mol. The van der Waals surface area contributed by atoms with Gasteiger partial charge in [-0.25, -0.2) is 4.98 Å². The van der Waals surface area contributed by atoms with Crippen molar-refractivity contribution in [2.75, 3.05) is 0 Å². The van der Waals surface area contributed by atoms with Gasteiger partial charge in [0.1, 0.15) is 5.65 Å². The van der Waals surface area contributed by atoms with Gasteiger partial charge in [-0.1, -0.05) is 6.07 Å². The SMILES string of the molecule is Cc1cc(=O)n2cc(-c3cccs3)ccc2n1. The van der Waals surface area contributed by atoms with Crippen molar-refractivity contribution >= 4 is 17.0 Å². The number of nitrogens with zero attached hydrogens (tertiary/aromatic N) is 2. The largest absolute Gasteiger partial charge is 0.269 e. The third-order valence-corrected chi connectivity index (χ3v) is 3.51. The van der Waals surface area contributed by atoms with E-state index in [4.69, 9.17) is 0 Å². The zero-order chi connectivity index (χ0) is 11.8. The third-order valence-electron chi connectivity index (χ3n) is 2.59. The van der Waals surface area contributed by atoms with E-state index in [0.717, 1.165) is 16.1 Å². The lowest BCUT2D eigenvalue weighted by molar-refractivity contribution is 1.02. The van der Waals surface area contributed by atoms with Gasteiger partial charge in [0.25, 0.3) is 5.56 Å². The van der Waals surface area contributed by atoms with Gasteiger partial charge in [0.2, 0.25) is 0 Å². The van der Waals surface area contributed by atoms with Crippen LogP contribution in [0.25, 0.3) is 16.1 Å². The van der Waals surface area contributed by atoms with Crippen LogP contribution in [-0.2, 0) is 0 Å². The highest BCUT2D eigenvalue weighted by atomic mass is 32.1. The van der Waals surface area contributed by atoms with Gasteiger partial charge in [-0.05, 0) is 30.5 Å². The zero-order valence-electron chi connectivity index (χ0n) is 9.25. The lowest BCUT2D eigenvalue weighted by atomic mass is 10.2. The molecule has 0 fully saturated rings. The standard InChI is InChI=1S/C13H10N2OS/c1-9-7-13(16)15-8-10(4-5-12(15)14-9)11-3-2-6-17-11/h2-8H,1H3. The molecular formula is C13H10N2OS. The number of fused-ring (bicyclic) bond motifs is 1. The molecule has 0 aromatic carbocycles. The minimum atomic E-state index is -0.0362. The van der Waals surface area contributed by atoms with Crippen molar-refractivity contribution in [3.8, 4) is 10.4 Å². The van der Waals surface area contributed by atoms with Crippen LogP contribution in [0.2, 0.25) is 0 Å². The summed E-state index contributed by atoms with van der Waals surface area (Å²) in [5, 5.41) is 2.02. The summed E-state index contributed by atoms with van der Waals surface area (Å²) in [5.41, 5.74) is 2.44. The number of hydrogen-bond acceptors (Lipinski definition) is 3. The van der Waals surface area contributed by atoms with E-state index in [1.54, 1.807) is 21.8 Å². The molecule has 3 aromatic rings. The fraction of sp³-hybridized carbons (Fsp3) is 0.0769. The first kappa shape index (κ1) is 10.2. The molecule has 3 aromatic heterocycles. The summed E-state index contributed by atoms with van der Waals surface area (Å²) in [6.45, 7) is 1.83. The van der Waals surface area contributed by atoms with Gasteiger partial charge in [-0.3, -0.25) is 9.20 Å². The number of thiophene rings is 1. The Morgan fingerprint density at radius 2 is 2.18 bits per heavy atom. The monoisotopic (exact) mass is 242 g/mol. The molecule has 0 saturated heterocycles. The minimum Gasteiger partial charge on any atom is -0.269 e. The van der Waals surface area contributed by atoms with Crippen molar-refractivity contribution in [3.05, 3.63) is 58.0 Å². The normalized spacial score (nSPS) is 10.9. The quantitative estimate of drug-likeness (QED) is 0.657. The maximum Gasteiger partial charge on any atom is 0.258 e. The Bertz CT molecular complexity index is 729. The van der Waals surface area contributed by atoms with E-state index in [2.05, 4.69) is 4.98 Å². The Hall–Kier alpha value is -1.94. The lowest BCUT2D eigenvalue weighted by Crippen LogP contribution is -2.14. The van der Waals surface area contributed by atoms with Gasteiger partial charge >= 0.3 is 0 Å². The van der Waals surface area contributed by atoms with Gasteiger partial charge in [0, 0.05) is 28.4 Å². The number of pyridine rings is 1. The topological polar surface area (TPSA) is 34.4 Å². The molecule has 84 valence electrons. The molecule has 0 unspecified atom stereocenters. The van der Waals surface area contributed by atoms with E-state index >= 15 is 0 Å². The molecule has 0 aliphatic carbocycles. The van der Waals surface area contributed by atoms with Crippen LogP contribution in [0.5, 0.6) is 0 Å². The smallest absolute Gasteiger partial charge is 0.258 e. The highest BCUT2D eigenvalue weighted by Gasteiger charge is 2.03. The summed E-state index contributed by atoms with van der Waals surface area (Å²) in [4.78, 5) is 17.3. The van der Waals surface area contributed by atoms with Crippen LogP contribution in [-0.4, -0.2) is 9.38 Å². The second-order valence-electron chi connectivity index (χ2n) is 3.86. The Labute approximate surface area is 102 Å². The second-order valence-corrected chi connectivity index (χ2v) is 4.81. The first-order chi connectivity index (χ1) is 8.24. The zero-order valence-corrected chi connectivity index (χ0v) is 10.1. The van der Waals surface area contributed by atoms with Gasteiger partial charge in [-0.2, -0.15) is 0 Å². The molecule has 0 aliphatic heterocycles. The van der Waals surface area contributed by atoms with Crippen molar-refractivity contribution in [1.29, 1.82) is 0 Å². The van der Waals surface area contributed by atoms with Crippen LogP contribution in [0.3, 0.4) is 0 Å². The summed E-state index contributed by atoms with van der Waals surface area (Å²) in [6, 6.07) is 9.46. The average Bonchev–Trinajstić information content (AvgIpc) is 2.82. The van der Waals surface area contributed by atoms with E-state index in [1.807, 2.05) is 42.8 Å². The molecule has 4 heteroatoms. The van der Waals surface area contributed by atoms with E-state index < -0.39 is 0 Å². The molecule has 3 rings (SSSR count). The van der Waals surface area contributed by atoms with Crippen molar-refractivity contribution in [2.45, 2.75) is 6.92 Å². The molecule has 0 N–H and O–H groups in total. The molecule has 0 aliphatic rings. The summed E-state index contributed by atoms with van der Waals surface area (Å²) in [7, 11) is 0. The Morgan fingerprint density at radius 3 is 2.94 bits per heavy atom. The van der Waals surface area contributed by atoms with E-state index in [0.29, 0.717) is 5.65 Å². The molecule has 0 spiro atoms. The summed E-state index contributed by atoms with van der Waals surface area (Å²) in [6.07, 6.45) is 1.84. The molecule has 3 nitrogen and oxygen atoms in total. The van der Waals surface area contributed by atoms with Gasteiger partial charge < -0.3 is 0 Å². The van der Waals surface area contributed by atoms with Crippen molar-refractivity contribution < 1.29 is 0 Å². The fourth-order valence-electron chi connectivity index (χ4n) is 1.81. The summed E-state index contributed by atoms with van der Waals surface area (Å²) < 4.78 is 1.59. The highest BCUT2D eigenvalue weighted by Crippen LogP contribution is 2.24. The van der Waals surface area contributed by atoms with Crippen LogP contribution in [0.1, 0.15) is 5.69 Å². The summed E-state index contributed by atoms with van der Waals surface area (Å²) >= 11 is 1.66. The molecular weight excluding hydrogens is 232 g/mol. The van der Waals surface area contributed by atoms with Crippen molar-refractivity contribution in [2.24, 2.45) is 0 Å². The van der Waals surface area contributed by atoms with Gasteiger partial charge in [0.15, 0.2) is 0 Å². The fourth-order valence-corrected chi connectivity index (χ4v) is 2.53. The molecule has 3 heterocycles. The van der Waals surface area contributed by atoms with Gasteiger partial charge in [-0.15, -0.1) is 11.3 Å². The lowest BCUT2D eigenvalue weighted by Gasteiger charge is -2.03. The molecule has 0 amide bonds. The van der Waals surface area contributed by atoms with E-state index in [9.17, 15) is 4.79 Å². The molecule has 0 atom stereocenters. The van der Waals surface area contributed by atoms with Crippen LogP contribution in [0.15, 0.2) is 46.7 Å².